The molecule has 2 aromatic carbocycles. The SMILES string of the molecule is COc1ccc(C(=O)N/N=C/c2ccc(O)c(Br)c2)cc1OC. The van der Waals surface area contributed by atoms with Crippen LogP contribution in [0.3, 0.4) is 0 Å². The van der Waals surface area contributed by atoms with Crippen LogP contribution in [0.4, 0.5) is 0 Å². The van der Waals surface area contributed by atoms with Crippen molar-refractivity contribution >= 4 is 28.1 Å². The number of nitrogens with one attached hydrogen (secondary N) is 1. The van der Waals surface area contributed by atoms with Gasteiger partial charge in [0, 0.05) is 5.56 Å². The monoisotopic (exact) mass is 378 g/mol. The lowest BCUT2D eigenvalue weighted by Gasteiger charge is -2.08. The van der Waals surface area contributed by atoms with Crippen LogP contribution in [0.15, 0.2) is 46.0 Å². The molecule has 0 aliphatic rings. The number of benzene rings is 2. The maximum Gasteiger partial charge on any atom is 0.271 e. The molecular weight excluding hydrogens is 364 g/mol. The smallest absolute Gasteiger partial charge is 0.271 e. The Morgan fingerprint density at radius 2 is 1.91 bits per heavy atom. The summed E-state index contributed by atoms with van der Waals surface area (Å²) in [6.07, 6.45) is 1.48. The van der Waals surface area contributed by atoms with Crippen LogP contribution in [0.5, 0.6) is 17.2 Å². The van der Waals surface area contributed by atoms with Gasteiger partial charge in [0.05, 0.1) is 24.9 Å². The molecular formula is C16H15BrN2O4. The summed E-state index contributed by atoms with van der Waals surface area (Å²) in [7, 11) is 3.03. The summed E-state index contributed by atoms with van der Waals surface area (Å²) in [6, 6.07) is 9.72. The standard InChI is InChI=1S/C16H15BrN2O4/c1-22-14-6-4-11(8-15(14)23-2)16(21)19-18-9-10-3-5-13(20)12(17)7-10/h3-9,20H,1-2H3,(H,19,21)/b18-9+. The van der Waals surface area contributed by atoms with Gasteiger partial charge in [0.25, 0.3) is 5.91 Å². The number of carbonyl (C=O) groups excluding carboxylic acids is 1. The van der Waals surface area contributed by atoms with E-state index < -0.39 is 0 Å². The van der Waals surface area contributed by atoms with Crippen molar-refractivity contribution in [3.8, 4) is 17.2 Å². The molecule has 0 saturated carbocycles. The molecule has 0 fully saturated rings. The average Bonchev–Trinajstić information content (AvgIpc) is 2.57. The molecule has 2 N–H and O–H groups in total. The molecule has 2 aromatic rings. The molecule has 120 valence electrons. The number of hydrogen-bond donors (Lipinski definition) is 2. The van der Waals surface area contributed by atoms with E-state index in [1.165, 1.54) is 26.5 Å². The third-order valence-electron chi connectivity index (χ3n) is 3.00. The number of phenolic OH excluding ortho intramolecular Hbond substituents is 1. The van der Waals surface area contributed by atoms with Gasteiger partial charge < -0.3 is 14.6 Å². The first kappa shape index (κ1) is 16.8. The Kier molecular flexibility index (Phi) is 5.59. The minimum Gasteiger partial charge on any atom is -0.507 e. The van der Waals surface area contributed by atoms with Gasteiger partial charge in [-0.2, -0.15) is 5.10 Å². The van der Waals surface area contributed by atoms with Crippen LogP contribution in [0.25, 0.3) is 0 Å². The molecule has 0 aliphatic carbocycles. The van der Waals surface area contributed by atoms with Gasteiger partial charge in [-0.3, -0.25) is 4.79 Å². The highest BCUT2D eigenvalue weighted by Gasteiger charge is 2.09. The van der Waals surface area contributed by atoms with Crippen molar-refractivity contribution in [2.45, 2.75) is 0 Å². The Balaban J connectivity index is 2.07. The molecule has 1 amide bonds. The third kappa shape index (κ3) is 4.23. The van der Waals surface area contributed by atoms with Gasteiger partial charge in [-0.1, -0.05) is 0 Å². The maximum atomic E-state index is 12.1. The molecule has 0 aromatic heterocycles. The molecule has 0 bridgehead atoms. The molecule has 2 rings (SSSR count). The second-order valence-electron chi connectivity index (χ2n) is 4.48. The Morgan fingerprint density at radius 3 is 2.57 bits per heavy atom. The summed E-state index contributed by atoms with van der Waals surface area (Å²) in [4.78, 5) is 12.1. The molecule has 0 aliphatic heterocycles. The Labute approximate surface area is 141 Å². The zero-order valence-corrected chi connectivity index (χ0v) is 14.1. The number of hydrazone groups is 1. The lowest BCUT2D eigenvalue weighted by atomic mass is 10.2. The van der Waals surface area contributed by atoms with E-state index in [2.05, 4.69) is 26.5 Å². The summed E-state index contributed by atoms with van der Waals surface area (Å²) < 4.78 is 10.8. The lowest BCUT2D eigenvalue weighted by molar-refractivity contribution is 0.0954. The number of phenols is 1. The number of methoxy groups -OCH3 is 2. The second-order valence-corrected chi connectivity index (χ2v) is 5.33. The van der Waals surface area contributed by atoms with Crippen LogP contribution in [0.2, 0.25) is 0 Å². The van der Waals surface area contributed by atoms with E-state index in [-0.39, 0.29) is 11.7 Å². The van der Waals surface area contributed by atoms with E-state index in [1.807, 2.05) is 0 Å². The van der Waals surface area contributed by atoms with Gasteiger partial charge in [0.2, 0.25) is 0 Å². The number of halogens is 1. The van der Waals surface area contributed by atoms with Gasteiger partial charge in [0.15, 0.2) is 11.5 Å². The fourth-order valence-electron chi connectivity index (χ4n) is 1.81. The van der Waals surface area contributed by atoms with Crippen LogP contribution in [-0.4, -0.2) is 31.4 Å². The zero-order chi connectivity index (χ0) is 16.8. The molecule has 0 atom stereocenters. The van der Waals surface area contributed by atoms with Crippen molar-refractivity contribution in [3.05, 3.63) is 52.0 Å². The molecule has 0 spiro atoms. The van der Waals surface area contributed by atoms with E-state index in [0.29, 0.717) is 21.5 Å². The number of nitrogens with zero attached hydrogens (tertiary/aromatic N) is 1. The first-order valence-electron chi connectivity index (χ1n) is 6.59. The molecule has 0 radical (unpaired) electrons. The van der Waals surface area contributed by atoms with Crippen LogP contribution in [-0.2, 0) is 0 Å². The van der Waals surface area contributed by atoms with Gasteiger partial charge in [0.1, 0.15) is 5.75 Å². The molecule has 7 heteroatoms. The largest absolute Gasteiger partial charge is 0.507 e. The second kappa shape index (κ2) is 7.64. The van der Waals surface area contributed by atoms with Crippen molar-refractivity contribution in [2.75, 3.05) is 14.2 Å². The predicted octanol–water partition coefficient (Wildman–Crippen LogP) is 2.94. The van der Waals surface area contributed by atoms with Crippen molar-refractivity contribution in [2.24, 2.45) is 5.10 Å². The minimum absolute atomic E-state index is 0.136. The van der Waals surface area contributed by atoms with Crippen LogP contribution in [0.1, 0.15) is 15.9 Å². The van der Waals surface area contributed by atoms with E-state index >= 15 is 0 Å². The van der Waals surface area contributed by atoms with Gasteiger partial charge >= 0.3 is 0 Å². The van der Waals surface area contributed by atoms with Crippen molar-refractivity contribution in [1.29, 1.82) is 0 Å². The normalized spacial score (nSPS) is 10.6. The molecule has 0 heterocycles. The Bertz CT molecular complexity index is 747. The highest BCUT2D eigenvalue weighted by Crippen LogP contribution is 2.27. The third-order valence-corrected chi connectivity index (χ3v) is 3.63. The highest BCUT2D eigenvalue weighted by atomic mass is 79.9. The average molecular weight is 379 g/mol. The number of rotatable bonds is 5. The number of carbonyl (C=O) groups is 1. The molecule has 23 heavy (non-hydrogen) atoms. The lowest BCUT2D eigenvalue weighted by Crippen LogP contribution is -2.17. The minimum atomic E-state index is -0.375. The van der Waals surface area contributed by atoms with Gasteiger partial charge in [-0.25, -0.2) is 5.43 Å². The maximum absolute atomic E-state index is 12.1. The summed E-state index contributed by atoms with van der Waals surface area (Å²) in [5.41, 5.74) is 3.55. The first-order chi connectivity index (χ1) is 11.0. The van der Waals surface area contributed by atoms with Crippen molar-refractivity contribution in [1.82, 2.24) is 5.43 Å². The zero-order valence-electron chi connectivity index (χ0n) is 12.5. The van der Waals surface area contributed by atoms with Crippen LogP contribution >= 0.6 is 15.9 Å². The summed E-state index contributed by atoms with van der Waals surface area (Å²) in [6.45, 7) is 0. The fraction of sp³-hybridized carbons (Fsp3) is 0.125. The number of aromatic hydroxyl groups is 1. The van der Waals surface area contributed by atoms with Gasteiger partial charge in [-0.05, 0) is 57.9 Å². The van der Waals surface area contributed by atoms with E-state index in [4.69, 9.17) is 9.47 Å². The van der Waals surface area contributed by atoms with E-state index in [9.17, 15) is 9.90 Å². The summed E-state index contributed by atoms with van der Waals surface area (Å²) in [5.74, 6) is 0.768. The van der Waals surface area contributed by atoms with Crippen LogP contribution in [0, 0.1) is 0 Å². The van der Waals surface area contributed by atoms with Crippen LogP contribution < -0.4 is 14.9 Å². The summed E-state index contributed by atoms with van der Waals surface area (Å²) >= 11 is 3.21. The molecule has 0 unspecified atom stereocenters. The molecule has 0 saturated heterocycles. The highest BCUT2D eigenvalue weighted by molar-refractivity contribution is 9.10. The van der Waals surface area contributed by atoms with E-state index in [1.54, 1.807) is 30.3 Å². The van der Waals surface area contributed by atoms with Crippen molar-refractivity contribution < 1.29 is 19.4 Å². The summed E-state index contributed by atoms with van der Waals surface area (Å²) in [5, 5.41) is 13.3. The van der Waals surface area contributed by atoms with Crippen molar-refractivity contribution in [3.63, 3.8) is 0 Å². The predicted molar refractivity (Wildman–Crippen MR) is 90.4 cm³/mol. The van der Waals surface area contributed by atoms with E-state index in [0.717, 1.165) is 5.56 Å². The van der Waals surface area contributed by atoms with Gasteiger partial charge in [-0.15, -0.1) is 0 Å². The topological polar surface area (TPSA) is 80.2 Å². The Morgan fingerprint density at radius 1 is 1.17 bits per heavy atom. The first-order valence-corrected chi connectivity index (χ1v) is 7.38. The fourth-order valence-corrected chi connectivity index (χ4v) is 2.21. The molecule has 6 nitrogen and oxygen atoms in total. The number of ether oxygens (including phenoxy) is 2. The number of amides is 1. The Hall–Kier alpha value is -2.54. The number of hydrogen-bond acceptors (Lipinski definition) is 5. The quantitative estimate of drug-likeness (QED) is 0.619.